The molecule has 0 aliphatic heterocycles. The Labute approximate surface area is 104 Å². The molecule has 0 atom stereocenters. The lowest BCUT2D eigenvalue weighted by atomic mass is 9.76. The molecule has 0 saturated heterocycles. The predicted octanol–water partition coefficient (Wildman–Crippen LogP) is 4.06. The zero-order valence-electron chi connectivity index (χ0n) is 9.35. The van der Waals surface area contributed by atoms with Crippen molar-refractivity contribution in [2.75, 3.05) is 6.54 Å². The number of thiophene rings is 1. The highest BCUT2D eigenvalue weighted by Gasteiger charge is 2.31. The van der Waals surface area contributed by atoms with Gasteiger partial charge in [-0.05, 0) is 66.2 Å². The SMILES string of the molecule is CCCNC1CC(c2cc(Br)sc2C)C1. The molecule has 1 aliphatic rings. The zero-order chi connectivity index (χ0) is 10.8. The molecule has 0 radical (unpaired) electrons. The second kappa shape index (κ2) is 4.98. The standard InChI is InChI=1S/C12H18BrNS/c1-3-4-14-10-5-9(6-10)11-7-12(13)15-8(11)2/h7,9-10,14H,3-6H2,1-2H3. The fourth-order valence-corrected chi connectivity index (χ4v) is 4.05. The molecule has 0 aromatic carbocycles. The molecule has 15 heavy (non-hydrogen) atoms. The highest BCUT2D eigenvalue weighted by Crippen LogP contribution is 2.42. The van der Waals surface area contributed by atoms with E-state index in [9.17, 15) is 0 Å². The Morgan fingerprint density at radius 1 is 1.53 bits per heavy atom. The smallest absolute Gasteiger partial charge is 0.0704 e. The van der Waals surface area contributed by atoms with Crippen molar-refractivity contribution in [3.63, 3.8) is 0 Å². The highest BCUT2D eigenvalue weighted by atomic mass is 79.9. The first kappa shape index (κ1) is 11.6. The number of rotatable bonds is 4. The van der Waals surface area contributed by atoms with E-state index in [2.05, 4.69) is 41.2 Å². The number of halogens is 1. The number of hydrogen-bond acceptors (Lipinski definition) is 2. The summed E-state index contributed by atoms with van der Waals surface area (Å²) in [6.45, 7) is 5.63. The third-order valence-electron chi connectivity index (χ3n) is 3.19. The number of aryl methyl sites for hydroxylation is 1. The molecule has 1 saturated carbocycles. The fraction of sp³-hybridized carbons (Fsp3) is 0.667. The minimum Gasteiger partial charge on any atom is -0.314 e. The van der Waals surface area contributed by atoms with E-state index in [1.165, 1.54) is 34.5 Å². The third-order valence-corrected chi connectivity index (χ3v) is 4.76. The van der Waals surface area contributed by atoms with Crippen molar-refractivity contribution in [2.45, 2.75) is 45.1 Å². The molecular weight excluding hydrogens is 270 g/mol. The maximum absolute atomic E-state index is 3.59. The van der Waals surface area contributed by atoms with Crippen molar-refractivity contribution in [3.05, 3.63) is 20.3 Å². The summed E-state index contributed by atoms with van der Waals surface area (Å²) in [4.78, 5) is 1.49. The molecule has 0 bridgehead atoms. The summed E-state index contributed by atoms with van der Waals surface area (Å²) in [5.41, 5.74) is 1.57. The monoisotopic (exact) mass is 287 g/mol. The van der Waals surface area contributed by atoms with Gasteiger partial charge in [-0.3, -0.25) is 0 Å². The molecule has 1 aromatic rings. The molecule has 0 unspecified atom stereocenters. The van der Waals surface area contributed by atoms with Gasteiger partial charge in [-0.15, -0.1) is 11.3 Å². The van der Waals surface area contributed by atoms with Gasteiger partial charge in [-0.25, -0.2) is 0 Å². The van der Waals surface area contributed by atoms with E-state index in [1.54, 1.807) is 5.56 Å². The molecule has 84 valence electrons. The van der Waals surface area contributed by atoms with E-state index < -0.39 is 0 Å². The quantitative estimate of drug-likeness (QED) is 0.881. The van der Waals surface area contributed by atoms with E-state index in [0.717, 1.165) is 12.0 Å². The molecule has 1 fully saturated rings. The molecule has 1 aliphatic carbocycles. The van der Waals surface area contributed by atoms with Crippen molar-refractivity contribution in [1.29, 1.82) is 0 Å². The van der Waals surface area contributed by atoms with Gasteiger partial charge in [-0.1, -0.05) is 6.92 Å². The van der Waals surface area contributed by atoms with Crippen LogP contribution in [0, 0.1) is 6.92 Å². The van der Waals surface area contributed by atoms with Crippen LogP contribution < -0.4 is 5.32 Å². The maximum atomic E-state index is 3.59. The summed E-state index contributed by atoms with van der Waals surface area (Å²) in [7, 11) is 0. The Morgan fingerprint density at radius 2 is 2.27 bits per heavy atom. The van der Waals surface area contributed by atoms with Crippen LogP contribution in [0.15, 0.2) is 9.85 Å². The van der Waals surface area contributed by atoms with Crippen LogP contribution in [0.25, 0.3) is 0 Å². The Balaban J connectivity index is 1.86. The molecule has 1 N–H and O–H groups in total. The average Bonchev–Trinajstić information content (AvgIpc) is 2.43. The molecule has 1 heterocycles. The van der Waals surface area contributed by atoms with E-state index in [1.807, 2.05) is 11.3 Å². The van der Waals surface area contributed by atoms with Crippen LogP contribution in [0.4, 0.5) is 0 Å². The summed E-state index contributed by atoms with van der Waals surface area (Å²) in [6.07, 6.45) is 3.89. The van der Waals surface area contributed by atoms with Crippen molar-refractivity contribution in [3.8, 4) is 0 Å². The van der Waals surface area contributed by atoms with Crippen molar-refractivity contribution in [2.24, 2.45) is 0 Å². The van der Waals surface area contributed by atoms with Crippen LogP contribution in [0.1, 0.15) is 42.5 Å². The lowest BCUT2D eigenvalue weighted by Crippen LogP contribution is -2.40. The summed E-state index contributed by atoms with van der Waals surface area (Å²) in [5, 5.41) is 3.59. The van der Waals surface area contributed by atoms with Gasteiger partial charge < -0.3 is 5.32 Å². The summed E-state index contributed by atoms with van der Waals surface area (Å²) < 4.78 is 1.28. The largest absolute Gasteiger partial charge is 0.314 e. The van der Waals surface area contributed by atoms with E-state index in [-0.39, 0.29) is 0 Å². The highest BCUT2D eigenvalue weighted by molar-refractivity contribution is 9.11. The van der Waals surface area contributed by atoms with Crippen LogP contribution in [-0.4, -0.2) is 12.6 Å². The van der Waals surface area contributed by atoms with Gasteiger partial charge in [0, 0.05) is 10.9 Å². The summed E-state index contributed by atoms with van der Waals surface area (Å²) in [5.74, 6) is 0.807. The Bertz CT molecular complexity index is 328. The van der Waals surface area contributed by atoms with E-state index in [0.29, 0.717) is 0 Å². The average molecular weight is 288 g/mol. The topological polar surface area (TPSA) is 12.0 Å². The molecule has 0 spiro atoms. The van der Waals surface area contributed by atoms with Gasteiger partial charge in [0.2, 0.25) is 0 Å². The van der Waals surface area contributed by atoms with Gasteiger partial charge in [0.25, 0.3) is 0 Å². The predicted molar refractivity (Wildman–Crippen MR) is 70.8 cm³/mol. The Kier molecular flexibility index (Phi) is 3.86. The normalized spacial score (nSPS) is 25.3. The summed E-state index contributed by atoms with van der Waals surface area (Å²) in [6, 6.07) is 3.08. The maximum Gasteiger partial charge on any atom is 0.0704 e. The minimum atomic E-state index is 0.771. The number of nitrogens with one attached hydrogen (secondary N) is 1. The van der Waals surface area contributed by atoms with Crippen molar-refractivity contribution < 1.29 is 0 Å². The molecule has 3 heteroatoms. The molecule has 1 nitrogen and oxygen atoms in total. The zero-order valence-corrected chi connectivity index (χ0v) is 11.7. The van der Waals surface area contributed by atoms with E-state index in [4.69, 9.17) is 0 Å². The second-order valence-corrected chi connectivity index (χ2v) is 7.02. The van der Waals surface area contributed by atoms with Gasteiger partial charge in [-0.2, -0.15) is 0 Å². The third kappa shape index (κ3) is 2.63. The first-order chi connectivity index (χ1) is 7.20. The summed E-state index contributed by atoms with van der Waals surface area (Å²) >= 11 is 5.43. The van der Waals surface area contributed by atoms with Gasteiger partial charge in [0.05, 0.1) is 3.79 Å². The van der Waals surface area contributed by atoms with Crippen LogP contribution in [-0.2, 0) is 0 Å². The Hall–Kier alpha value is 0.140. The van der Waals surface area contributed by atoms with Gasteiger partial charge in [0.15, 0.2) is 0 Å². The lowest BCUT2D eigenvalue weighted by Gasteiger charge is -2.36. The minimum absolute atomic E-state index is 0.771. The van der Waals surface area contributed by atoms with Crippen LogP contribution >= 0.6 is 27.3 Å². The van der Waals surface area contributed by atoms with Gasteiger partial charge >= 0.3 is 0 Å². The Morgan fingerprint density at radius 3 is 2.80 bits per heavy atom. The first-order valence-corrected chi connectivity index (χ1v) is 7.31. The second-order valence-electron chi connectivity index (χ2n) is 4.38. The van der Waals surface area contributed by atoms with Crippen molar-refractivity contribution >= 4 is 27.3 Å². The number of hydrogen-bond donors (Lipinski definition) is 1. The van der Waals surface area contributed by atoms with Gasteiger partial charge in [0.1, 0.15) is 0 Å². The van der Waals surface area contributed by atoms with E-state index >= 15 is 0 Å². The van der Waals surface area contributed by atoms with Crippen LogP contribution in [0.2, 0.25) is 0 Å². The molecule has 2 rings (SSSR count). The lowest BCUT2D eigenvalue weighted by molar-refractivity contribution is 0.292. The van der Waals surface area contributed by atoms with Crippen LogP contribution in [0.5, 0.6) is 0 Å². The van der Waals surface area contributed by atoms with Crippen molar-refractivity contribution in [1.82, 2.24) is 5.32 Å². The molecule has 0 amide bonds. The fourth-order valence-electron chi connectivity index (χ4n) is 2.25. The molecular formula is C12H18BrNS. The van der Waals surface area contributed by atoms with Crippen LogP contribution in [0.3, 0.4) is 0 Å². The molecule has 1 aromatic heterocycles. The first-order valence-electron chi connectivity index (χ1n) is 5.70.